The van der Waals surface area contributed by atoms with Crippen molar-refractivity contribution in [3.05, 3.63) is 42.3 Å². The van der Waals surface area contributed by atoms with Gasteiger partial charge < -0.3 is 23.9 Å². The first kappa shape index (κ1) is 14.8. The predicted octanol–water partition coefficient (Wildman–Crippen LogP) is -1.04. The molecule has 0 heterocycles. The van der Waals surface area contributed by atoms with Crippen molar-refractivity contribution in [1.29, 1.82) is 0 Å². The van der Waals surface area contributed by atoms with Gasteiger partial charge in [0.05, 0.1) is 0 Å². The molecule has 0 fully saturated rings. The minimum atomic E-state index is -0.547. The van der Waals surface area contributed by atoms with Crippen LogP contribution in [0.5, 0.6) is 0 Å². The molecule has 4 heteroatoms. The van der Waals surface area contributed by atoms with Crippen molar-refractivity contribution >= 4 is 23.1 Å². The second-order valence-corrected chi connectivity index (χ2v) is 1.99. The Hall–Kier alpha value is 0.326. The van der Waals surface area contributed by atoms with Crippen LogP contribution < -0.4 is 17.0 Å². The molecule has 0 saturated carbocycles. The molecule has 0 unspecified atom stereocenters. The van der Waals surface area contributed by atoms with Crippen molar-refractivity contribution in [3.63, 3.8) is 0 Å². The first-order valence-electron chi connectivity index (χ1n) is 2.97. The van der Waals surface area contributed by atoms with Crippen molar-refractivity contribution in [2.45, 2.75) is 6.42 Å². The third-order valence-electron chi connectivity index (χ3n) is 1.28. The summed E-state index contributed by atoms with van der Waals surface area (Å²) in [5, 5.41) is 0. The number of halogens is 3. The van der Waals surface area contributed by atoms with Gasteiger partial charge in [-0.2, -0.15) is 6.42 Å². The average Bonchev–Trinajstić information content (AvgIpc) is 1.88. The van der Waals surface area contributed by atoms with Crippen LogP contribution in [0.15, 0.2) is 18.2 Å². The summed E-state index contributed by atoms with van der Waals surface area (Å²) in [5.74, 6) is -1.07. The van der Waals surface area contributed by atoms with Gasteiger partial charge in [-0.1, -0.05) is 6.07 Å². The summed E-state index contributed by atoms with van der Waals surface area (Å²) in [6.07, 6.45) is 0.353. The summed E-state index contributed by atoms with van der Waals surface area (Å²) in [7, 11) is 0. The van der Waals surface area contributed by atoms with E-state index in [1.54, 1.807) is 0 Å². The van der Waals surface area contributed by atoms with Crippen LogP contribution >= 0.6 is 0 Å². The Morgan fingerprint density at radius 1 is 1.25 bits per heavy atom. The Morgan fingerprint density at radius 2 is 1.83 bits per heavy atom. The SMILES string of the molecule is [Br-].[CH2-]Cc1ccc(F)cc1F.[Mg+2]. The standard InChI is InChI=1S/C8H7F2.BrH.Mg/c1-2-6-3-4-7(9)5-8(6)10;;/h3-5H,1-2H2;1H;/q-1;;+2/p-1. The van der Waals surface area contributed by atoms with Gasteiger partial charge in [-0.15, -0.1) is 0 Å². The summed E-state index contributed by atoms with van der Waals surface area (Å²) < 4.78 is 24.8. The van der Waals surface area contributed by atoms with Crippen LogP contribution in [0, 0.1) is 18.6 Å². The van der Waals surface area contributed by atoms with Gasteiger partial charge in [0.1, 0.15) is 11.6 Å². The van der Waals surface area contributed by atoms with Gasteiger partial charge in [0.2, 0.25) is 0 Å². The predicted molar refractivity (Wildman–Crippen MR) is 41.2 cm³/mol. The van der Waals surface area contributed by atoms with Crippen molar-refractivity contribution in [2.75, 3.05) is 0 Å². The molecular formula is C8H7BrF2Mg. The van der Waals surface area contributed by atoms with Gasteiger partial charge in [0, 0.05) is 6.07 Å². The van der Waals surface area contributed by atoms with Gasteiger partial charge in [-0.05, 0) is 11.6 Å². The molecule has 0 spiro atoms. The topological polar surface area (TPSA) is 0 Å². The molecule has 0 N–H and O–H groups in total. The van der Waals surface area contributed by atoms with E-state index in [4.69, 9.17) is 0 Å². The average molecular weight is 245 g/mol. The molecule has 12 heavy (non-hydrogen) atoms. The quantitative estimate of drug-likeness (QED) is 0.438. The summed E-state index contributed by atoms with van der Waals surface area (Å²) >= 11 is 0. The molecule has 0 saturated heterocycles. The summed E-state index contributed by atoms with van der Waals surface area (Å²) in [4.78, 5) is 0. The summed E-state index contributed by atoms with van der Waals surface area (Å²) in [6.45, 7) is 3.48. The van der Waals surface area contributed by atoms with Crippen molar-refractivity contribution in [1.82, 2.24) is 0 Å². The maximum atomic E-state index is 12.6. The van der Waals surface area contributed by atoms with E-state index >= 15 is 0 Å². The first-order valence-corrected chi connectivity index (χ1v) is 2.97. The zero-order chi connectivity index (χ0) is 7.56. The molecule has 1 rings (SSSR count). The van der Waals surface area contributed by atoms with Crippen LogP contribution in [0.25, 0.3) is 0 Å². The molecule has 0 nitrogen and oxygen atoms in total. The van der Waals surface area contributed by atoms with E-state index in [-0.39, 0.29) is 40.0 Å². The van der Waals surface area contributed by atoms with Crippen LogP contribution in [0.1, 0.15) is 5.56 Å². The van der Waals surface area contributed by atoms with Gasteiger partial charge in [0.15, 0.2) is 0 Å². The molecule has 0 bridgehead atoms. The van der Waals surface area contributed by atoms with Crippen molar-refractivity contribution in [2.24, 2.45) is 0 Å². The molecule has 1 aromatic carbocycles. The van der Waals surface area contributed by atoms with Crippen LogP contribution in [-0.4, -0.2) is 23.1 Å². The monoisotopic (exact) mass is 244 g/mol. The Labute approximate surface area is 97.3 Å². The molecule has 0 aliphatic heterocycles. The fraction of sp³-hybridized carbons (Fsp3) is 0.125. The third kappa shape index (κ3) is 3.82. The summed E-state index contributed by atoms with van der Waals surface area (Å²) in [5.41, 5.74) is 0.446. The second-order valence-electron chi connectivity index (χ2n) is 1.99. The molecule has 0 aliphatic rings. The van der Waals surface area contributed by atoms with Gasteiger partial charge in [-0.3, -0.25) is 0 Å². The van der Waals surface area contributed by atoms with E-state index in [1.807, 2.05) is 0 Å². The Balaban J connectivity index is 0. The van der Waals surface area contributed by atoms with E-state index in [0.29, 0.717) is 12.0 Å². The van der Waals surface area contributed by atoms with Gasteiger partial charge >= 0.3 is 23.1 Å². The first-order chi connectivity index (χ1) is 4.74. The van der Waals surface area contributed by atoms with E-state index < -0.39 is 11.6 Å². The third-order valence-corrected chi connectivity index (χ3v) is 1.28. The van der Waals surface area contributed by atoms with E-state index in [0.717, 1.165) is 6.07 Å². The molecule has 0 amide bonds. The minimum Gasteiger partial charge on any atom is -1.00 e. The van der Waals surface area contributed by atoms with E-state index in [1.165, 1.54) is 12.1 Å². The van der Waals surface area contributed by atoms with E-state index in [9.17, 15) is 8.78 Å². The van der Waals surface area contributed by atoms with Crippen LogP contribution in [0.3, 0.4) is 0 Å². The van der Waals surface area contributed by atoms with Gasteiger partial charge in [0.25, 0.3) is 0 Å². The summed E-state index contributed by atoms with van der Waals surface area (Å²) in [6, 6.07) is 3.49. The Kier molecular flexibility index (Phi) is 8.40. The normalized spacial score (nSPS) is 8.25. The number of benzene rings is 1. The molecular weight excluding hydrogens is 238 g/mol. The Morgan fingerprint density at radius 3 is 2.25 bits per heavy atom. The van der Waals surface area contributed by atoms with Crippen LogP contribution in [0.4, 0.5) is 8.78 Å². The molecule has 0 atom stereocenters. The van der Waals surface area contributed by atoms with Crippen molar-refractivity contribution in [3.8, 4) is 0 Å². The Bertz CT molecular complexity index is 240. The zero-order valence-corrected chi connectivity index (χ0v) is 9.49. The fourth-order valence-corrected chi connectivity index (χ4v) is 0.724. The smallest absolute Gasteiger partial charge is 1.00 e. The fourth-order valence-electron chi connectivity index (χ4n) is 0.724. The number of hydrogen-bond acceptors (Lipinski definition) is 0. The molecule has 0 radical (unpaired) electrons. The van der Waals surface area contributed by atoms with Crippen LogP contribution in [0.2, 0.25) is 0 Å². The molecule has 62 valence electrons. The zero-order valence-electron chi connectivity index (χ0n) is 6.49. The molecule has 0 aromatic heterocycles. The largest absolute Gasteiger partial charge is 2.00 e. The van der Waals surface area contributed by atoms with E-state index in [2.05, 4.69) is 6.92 Å². The number of rotatable bonds is 1. The minimum absolute atomic E-state index is 0. The van der Waals surface area contributed by atoms with Crippen molar-refractivity contribution < 1.29 is 25.8 Å². The maximum absolute atomic E-state index is 12.6. The molecule has 1 aromatic rings. The number of hydrogen-bond donors (Lipinski definition) is 0. The molecule has 0 aliphatic carbocycles. The van der Waals surface area contributed by atoms with Crippen LogP contribution in [-0.2, 0) is 6.42 Å². The second kappa shape index (κ2) is 6.80. The van der Waals surface area contributed by atoms with Gasteiger partial charge in [-0.25, -0.2) is 8.78 Å². The maximum Gasteiger partial charge on any atom is 2.00 e.